The fourth-order valence-electron chi connectivity index (χ4n) is 4.66. The first-order valence-corrected chi connectivity index (χ1v) is 13.0. The van der Waals surface area contributed by atoms with E-state index in [0.717, 1.165) is 26.6 Å². The fourth-order valence-corrected chi connectivity index (χ4v) is 6.72. The number of rotatable bonds is 6. The zero-order valence-electron chi connectivity index (χ0n) is 21.7. The van der Waals surface area contributed by atoms with Crippen molar-refractivity contribution in [1.82, 2.24) is 9.37 Å². The molecule has 8 heteroatoms. The molecule has 188 valence electrons. The summed E-state index contributed by atoms with van der Waals surface area (Å²) in [5.74, 6) is -1.37. The van der Waals surface area contributed by atoms with Crippen molar-refractivity contribution < 1.29 is 22.8 Å². The number of nitrogens with zero attached hydrogens (tertiary/aromatic N) is 2. The van der Waals surface area contributed by atoms with Crippen molar-refractivity contribution in [2.45, 2.75) is 73.4 Å². The molecule has 0 radical (unpaired) electrons. The molecule has 0 spiro atoms. The van der Waals surface area contributed by atoms with E-state index < -0.39 is 33.5 Å². The minimum absolute atomic E-state index is 0.156. The average molecular weight is 499 g/mol. The Morgan fingerprint density at radius 3 is 2.09 bits per heavy atom. The first kappa shape index (κ1) is 26.5. The predicted molar refractivity (Wildman–Crippen MR) is 136 cm³/mol. The molecule has 35 heavy (non-hydrogen) atoms. The Morgan fingerprint density at radius 1 is 1.06 bits per heavy atom. The summed E-state index contributed by atoms with van der Waals surface area (Å²) in [5, 5.41) is 1.19. The molecule has 0 aliphatic carbocycles. The first-order valence-electron chi connectivity index (χ1n) is 11.6. The van der Waals surface area contributed by atoms with Gasteiger partial charge in [-0.15, -0.1) is 0 Å². The normalized spacial score (nSPS) is 16.5. The second-order valence-corrected chi connectivity index (χ2v) is 11.9. The van der Waals surface area contributed by atoms with Crippen LogP contribution >= 0.6 is 0 Å². The maximum Gasteiger partial charge on any atom is 0.329 e. The van der Waals surface area contributed by atoms with Gasteiger partial charge < -0.3 is 4.84 Å². The average Bonchev–Trinajstić information content (AvgIpc) is 2.93. The van der Waals surface area contributed by atoms with Crippen molar-refractivity contribution in [3.8, 4) is 0 Å². The van der Waals surface area contributed by atoms with E-state index >= 15 is 0 Å². The molecule has 7 nitrogen and oxygen atoms in total. The van der Waals surface area contributed by atoms with E-state index in [1.165, 1.54) is 12.0 Å². The van der Waals surface area contributed by atoms with E-state index in [9.17, 15) is 18.0 Å². The number of hydroxylamine groups is 2. The Morgan fingerprint density at radius 2 is 1.60 bits per heavy atom. The van der Waals surface area contributed by atoms with Crippen LogP contribution in [0.15, 0.2) is 48.2 Å². The Balaban J connectivity index is 2.23. The van der Waals surface area contributed by atoms with Crippen molar-refractivity contribution in [1.29, 1.82) is 0 Å². The molecular weight excluding hydrogens is 464 g/mol. The number of hydrogen-bond acceptors (Lipinski definition) is 6. The van der Waals surface area contributed by atoms with Crippen LogP contribution in [-0.4, -0.2) is 41.2 Å². The van der Waals surface area contributed by atoms with E-state index in [0.29, 0.717) is 12.0 Å². The third-order valence-corrected chi connectivity index (χ3v) is 8.07. The van der Waals surface area contributed by atoms with Gasteiger partial charge in [-0.1, -0.05) is 48.0 Å². The lowest BCUT2D eigenvalue weighted by Crippen LogP contribution is -2.48. The van der Waals surface area contributed by atoms with Gasteiger partial charge in [-0.05, 0) is 77.1 Å². The maximum atomic E-state index is 13.8. The number of benzene rings is 2. The van der Waals surface area contributed by atoms with Gasteiger partial charge in [0.2, 0.25) is 0 Å². The molecule has 2 aromatic carbocycles. The fraction of sp³-hybridized carbons (Fsp3) is 0.407. The molecule has 0 bridgehead atoms. The lowest BCUT2D eigenvalue weighted by molar-refractivity contribution is -0.188. The Kier molecular flexibility index (Phi) is 7.18. The molecule has 1 heterocycles. The second kappa shape index (κ2) is 9.49. The topological polar surface area (TPSA) is 84.0 Å². The number of aryl methyl sites for hydroxylation is 3. The van der Waals surface area contributed by atoms with Gasteiger partial charge in [0.1, 0.15) is 4.91 Å². The van der Waals surface area contributed by atoms with Crippen LogP contribution in [0.1, 0.15) is 62.4 Å². The summed E-state index contributed by atoms with van der Waals surface area (Å²) in [6.45, 7) is 14.1. The zero-order chi connectivity index (χ0) is 26.3. The number of hydrogen-bond donors (Lipinski definition) is 0. The van der Waals surface area contributed by atoms with Crippen molar-refractivity contribution >= 4 is 26.8 Å². The van der Waals surface area contributed by atoms with Gasteiger partial charge in [0.05, 0.1) is 11.6 Å². The molecule has 0 aromatic heterocycles. The van der Waals surface area contributed by atoms with Crippen molar-refractivity contribution in [2.75, 3.05) is 0 Å². The number of sulfonamides is 1. The second-order valence-electron chi connectivity index (χ2n) is 10.1. The zero-order valence-corrected chi connectivity index (χ0v) is 22.5. The SMILES string of the molecule is CC(=O)ON(C1=C(c2ccccc2)S(=O)(=O)N(C(C)(C)C)C1=O)C(C)Cc1c(C)cc(C)cc1C. The van der Waals surface area contributed by atoms with E-state index in [-0.39, 0.29) is 10.6 Å². The van der Waals surface area contributed by atoms with E-state index in [1.807, 2.05) is 27.7 Å². The molecule has 1 aliphatic heterocycles. The van der Waals surface area contributed by atoms with Crippen molar-refractivity contribution in [3.05, 3.63) is 76.0 Å². The summed E-state index contributed by atoms with van der Waals surface area (Å²) in [4.78, 5) is 31.4. The van der Waals surface area contributed by atoms with E-state index in [1.54, 1.807) is 51.1 Å². The minimum atomic E-state index is -4.22. The predicted octanol–water partition coefficient (Wildman–Crippen LogP) is 4.66. The van der Waals surface area contributed by atoms with Crippen LogP contribution in [-0.2, 0) is 30.9 Å². The monoisotopic (exact) mass is 498 g/mol. The van der Waals surface area contributed by atoms with Gasteiger partial charge in [-0.25, -0.2) is 12.7 Å². The highest BCUT2D eigenvalue weighted by Gasteiger charge is 2.52. The Hall–Kier alpha value is -3.13. The van der Waals surface area contributed by atoms with Gasteiger partial charge in [-0.2, -0.15) is 5.06 Å². The number of carbonyl (C=O) groups is 2. The molecule has 0 saturated carbocycles. The van der Waals surface area contributed by atoms with E-state index in [2.05, 4.69) is 12.1 Å². The smallest absolute Gasteiger partial charge is 0.329 e. The Bertz CT molecular complexity index is 1270. The van der Waals surface area contributed by atoms with Gasteiger partial charge in [0, 0.05) is 6.92 Å². The van der Waals surface area contributed by atoms with Crippen LogP contribution in [0.4, 0.5) is 0 Å². The van der Waals surface area contributed by atoms with Crippen LogP contribution in [0.25, 0.3) is 4.91 Å². The molecular formula is C27H34N2O5S. The molecule has 0 fully saturated rings. The van der Waals surface area contributed by atoms with Gasteiger partial charge in [-0.3, -0.25) is 9.59 Å². The number of carbonyl (C=O) groups excluding carboxylic acids is 2. The van der Waals surface area contributed by atoms with Gasteiger partial charge in [0.15, 0.2) is 5.70 Å². The quantitative estimate of drug-likeness (QED) is 0.539. The highest BCUT2D eigenvalue weighted by Crippen LogP contribution is 2.42. The van der Waals surface area contributed by atoms with Crippen molar-refractivity contribution in [3.63, 3.8) is 0 Å². The van der Waals surface area contributed by atoms with Crippen LogP contribution in [0, 0.1) is 20.8 Å². The third-order valence-electron chi connectivity index (χ3n) is 5.93. The molecule has 0 saturated heterocycles. The van der Waals surface area contributed by atoms with Crippen LogP contribution in [0.2, 0.25) is 0 Å². The van der Waals surface area contributed by atoms with Crippen molar-refractivity contribution in [2.24, 2.45) is 0 Å². The third kappa shape index (κ3) is 5.12. The van der Waals surface area contributed by atoms with Crippen LogP contribution < -0.4 is 0 Å². The van der Waals surface area contributed by atoms with E-state index in [4.69, 9.17) is 4.84 Å². The highest BCUT2D eigenvalue weighted by atomic mass is 32.2. The number of amides is 1. The summed E-state index contributed by atoms with van der Waals surface area (Å²) >= 11 is 0. The maximum absolute atomic E-state index is 13.8. The first-order chi connectivity index (χ1) is 16.2. The van der Waals surface area contributed by atoms with Gasteiger partial charge in [0.25, 0.3) is 15.9 Å². The van der Waals surface area contributed by atoms with Crippen LogP contribution in [0.3, 0.4) is 0 Å². The van der Waals surface area contributed by atoms with Gasteiger partial charge >= 0.3 is 5.97 Å². The molecule has 1 unspecified atom stereocenters. The molecule has 2 aromatic rings. The lowest BCUT2D eigenvalue weighted by Gasteiger charge is -2.33. The minimum Gasteiger partial charge on any atom is -0.341 e. The summed E-state index contributed by atoms with van der Waals surface area (Å²) in [5.41, 5.74) is 3.54. The molecule has 0 N–H and O–H groups in total. The summed E-state index contributed by atoms with van der Waals surface area (Å²) in [6, 6.07) is 12.1. The summed E-state index contributed by atoms with van der Waals surface area (Å²) < 4.78 is 28.4. The van der Waals surface area contributed by atoms with Crippen LogP contribution in [0.5, 0.6) is 0 Å². The molecule has 1 atom stereocenters. The molecule has 1 aliphatic rings. The molecule has 1 amide bonds. The molecule has 3 rings (SSSR count). The standard InChI is InChI=1S/C27H34N2O5S/c1-17-14-18(2)23(19(3)15-17)16-20(4)28(34-21(5)30)24-25(22-12-10-9-11-13-22)35(32,33)29(26(24)31)27(6,7)8/h9-15,20H,16H2,1-8H3. The lowest BCUT2D eigenvalue weighted by atomic mass is 9.94. The summed E-state index contributed by atoms with van der Waals surface area (Å²) in [7, 11) is -4.22. The Labute approximate surface area is 208 Å². The highest BCUT2D eigenvalue weighted by molar-refractivity contribution is 7.99. The largest absolute Gasteiger partial charge is 0.341 e. The summed E-state index contributed by atoms with van der Waals surface area (Å²) in [6.07, 6.45) is 0.444.